The van der Waals surface area contributed by atoms with Crippen molar-refractivity contribution < 1.29 is 13.6 Å². The molecule has 0 radical (unpaired) electrons. The number of aromatic nitrogens is 1. The van der Waals surface area contributed by atoms with Crippen LogP contribution in [0.25, 0.3) is 0 Å². The van der Waals surface area contributed by atoms with Gasteiger partial charge in [-0.3, -0.25) is 9.78 Å². The molecule has 1 amide bonds. The second-order valence-corrected chi connectivity index (χ2v) is 6.26. The van der Waals surface area contributed by atoms with Gasteiger partial charge in [0.1, 0.15) is 5.41 Å². The third-order valence-corrected chi connectivity index (χ3v) is 4.77. The maximum atomic E-state index is 13.4. The quantitative estimate of drug-likeness (QED) is 0.709. The number of amides is 1. The first-order valence-corrected chi connectivity index (χ1v) is 8.09. The fraction of sp³-hybridized carbons (Fsp3) is 0.500. The molecule has 0 N–H and O–H groups in total. The second-order valence-electron chi connectivity index (χ2n) is 5.08. The molecule has 8 heteroatoms. The number of carbonyl (C=O) groups is 1. The summed E-state index contributed by atoms with van der Waals surface area (Å²) in [5.41, 5.74) is -1.19. The van der Waals surface area contributed by atoms with Crippen LogP contribution in [0, 0.1) is 5.41 Å². The van der Waals surface area contributed by atoms with Crippen LogP contribution in [0.2, 0.25) is 0 Å². The number of hydrazone groups is 1. The molecule has 2 atom stereocenters. The Kier molecular flexibility index (Phi) is 5.50. The van der Waals surface area contributed by atoms with Crippen molar-refractivity contribution >= 4 is 39.7 Å². The Balaban J connectivity index is 2.33. The summed E-state index contributed by atoms with van der Waals surface area (Å²) >= 11 is 9.02. The molecule has 1 aromatic heterocycles. The first-order chi connectivity index (χ1) is 10.5. The topological polar surface area (TPSA) is 45.6 Å². The van der Waals surface area contributed by atoms with Gasteiger partial charge in [0.15, 0.2) is 0 Å². The smallest absolute Gasteiger partial charge is 0.256 e. The van der Waals surface area contributed by atoms with E-state index in [0.717, 1.165) is 15.0 Å². The third kappa shape index (κ3) is 3.01. The van der Waals surface area contributed by atoms with Crippen molar-refractivity contribution in [3.05, 3.63) is 28.5 Å². The lowest BCUT2D eigenvalue weighted by atomic mass is 9.85. The molecule has 0 aromatic carbocycles. The van der Waals surface area contributed by atoms with Crippen LogP contribution < -0.4 is 0 Å². The third-order valence-electron chi connectivity index (χ3n) is 3.86. The lowest BCUT2D eigenvalue weighted by Crippen LogP contribution is -2.47. The molecule has 0 saturated carbocycles. The number of halogens is 4. The summed E-state index contributed by atoms with van der Waals surface area (Å²) in [5, 5.41) is 5.10. The molecule has 1 aromatic rings. The van der Waals surface area contributed by atoms with E-state index in [-0.39, 0.29) is 6.42 Å². The summed E-state index contributed by atoms with van der Waals surface area (Å²) in [4.78, 5) is 16.7. The fourth-order valence-electron chi connectivity index (χ4n) is 2.33. The fourth-order valence-corrected chi connectivity index (χ4v) is 3.14. The van der Waals surface area contributed by atoms with E-state index < -0.39 is 29.7 Å². The van der Waals surface area contributed by atoms with Crippen molar-refractivity contribution in [2.75, 3.05) is 5.88 Å². The van der Waals surface area contributed by atoms with Gasteiger partial charge < -0.3 is 0 Å². The zero-order chi connectivity index (χ0) is 16.3. The molecule has 0 saturated heterocycles. The van der Waals surface area contributed by atoms with Crippen molar-refractivity contribution in [1.29, 1.82) is 0 Å². The number of nitrogens with zero attached hydrogens (tertiary/aromatic N) is 3. The van der Waals surface area contributed by atoms with Crippen LogP contribution in [0.1, 0.15) is 31.4 Å². The Morgan fingerprint density at radius 1 is 1.59 bits per heavy atom. The number of rotatable bonds is 5. The zero-order valence-corrected chi connectivity index (χ0v) is 14.2. The highest BCUT2D eigenvalue weighted by molar-refractivity contribution is 9.10. The highest BCUT2D eigenvalue weighted by Gasteiger charge is 2.49. The van der Waals surface area contributed by atoms with Gasteiger partial charge >= 0.3 is 0 Å². The Hall–Kier alpha value is -1.08. The molecule has 1 aliphatic rings. The first-order valence-electron chi connectivity index (χ1n) is 6.77. The average molecular weight is 395 g/mol. The molecule has 4 nitrogen and oxygen atoms in total. The van der Waals surface area contributed by atoms with Gasteiger partial charge in [0, 0.05) is 35.4 Å². The van der Waals surface area contributed by atoms with E-state index in [9.17, 15) is 13.6 Å². The first kappa shape index (κ1) is 17.3. The largest absolute Gasteiger partial charge is 0.272 e. The molecule has 2 unspecified atom stereocenters. The number of hydrogen-bond donors (Lipinski definition) is 0. The monoisotopic (exact) mass is 393 g/mol. The van der Waals surface area contributed by atoms with Crippen LogP contribution in [-0.4, -0.2) is 34.4 Å². The predicted molar refractivity (Wildman–Crippen MR) is 84.1 cm³/mol. The van der Waals surface area contributed by atoms with Crippen LogP contribution in [0.3, 0.4) is 0 Å². The van der Waals surface area contributed by atoms with Crippen LogP contribution in [0.4, 0.5) is 8.78 Å². The van der Waals surface area contributed by atoms with Crippen LogP contribution in [0.5, 0.6) is 0 Å². The zero-order valence-electron chi connectivity index (χ0n) is 11.8. The number of carbonyl (C=O) groups excluding carboxylic acids is 1. The van der Waals surface area contributed by atoms with Gasteiger partial charge in [-0.1, -0.05) is 6.92 Å². The molecule has 0 fully saturated rings. The molecule has 120 valence electrons. The summed E-state index contributed by atoms with van der Waals surface area (Å²) in [6.07, 6.45) is 2.31. The predicted octanol–water partition coefficient (Wildman–Crippen LogP) is 4.00. The lowest BCUT2D eigenvalue weighted by molar-refractivity contribution is -0.152. The summed E-state index contributed by atoms with van der Waals surface area (Å²) < 4.78 is 27.6. The standard InChI is InChI=1S/C14H15BrClF2N3O/c1-2-14(8-16,12(17)18)13(22)21-11(3-4-20-21)9-5-10(15)7-19-6-9/h4-7,11-12H,2-3,8H2,1H3. The van der Waals surface area contributed by atoms with Gasteiger partial charge in [0.05, 0.1) is 6.04 Å². The SMILES string of the molecule is CCC(CCl)(C(=O)N1N=CCC1c1cncc(Br)c1)C(F)F. The molecule has 2 rings (SSSR count). The maximum absolute atomic E-state index is 13.4. The Morgan fingerprint density at radius 2 is 2.32 bits per heavy atom. The van der Waals surface area contributed by atoms with E-state index in [0.29, 0.717) is 6.42 Å². The van der Waals surface area contributed by atoms with Gasteiger partial charge in [-0.2, -0.15) is 5.10 Å². The summed E-state index contributed by atoms with van der Waals surface area (Å²) in [6.45, 7) is 1.53. The average Bonchev–Trinajstić information content (AvgIpc) is 2.98. The van der Waals surface area contributed by atoms with Crippen LogP contribution >= 0.6 is 27.5 Å². The van der Waals surface area contributed by atoms with Crippen LogP contribution in [0.15, 0.2) is 28.0 Å². The van der Waals surface area contributed by atoms with E-state index in [1.807, 2.05) is 0 Å². The van der Waals surface area contributed by atoms with Crippen molar-refractivity contribution in [3.63, 3.8) is 0 Å². The summed E-state index contributed by atoms with van der Waals surface area (Å²) in [7, 11) is 0. The summed E-state index contributed by atoms with van der Waals surface area (Å²) in [6, 6.07) is 1.36. The van der Waals surface area contributed by atoms with Crippen molar-refractivity contribution in [2.24, 2.45) is 10.5 Å². The van der Waals surface area contributed by atoms with E-state index >= 15 is 0 Å². The van der Waals surface area contributed by atoms with E-state index in [1.54, 1.807) is 24.7 Å². The van der Waals surface area contributed by atoms with Gasteiger partial charge in [-0.05, 0) is 34.0 Å². The van der Waals surface area contributed by atoms with Gasteiger partial charge in [0.25, 0.3) is 12.3 Å². The molecule has 22 heavy (non-hydrogen) atoms. The highest BCUT2D eigenvalue weighted by Crippen LogP contribution is 2.39. The van der Waals surface area contributed by atoms with Crippen molar-refractivity contribution in [2.45, 2.75) is 32.2 Å². The number of hydrogen-bond acceptors (Lipinski definition) is 3. The maximum Gasteiger partial charge on any atom is 0.256 e. The van der Waals surface area contributed by atoms with E-state index in [1.165, 1.54) is 6.92 Å². The molecular weight excluding hydrogens is 380 g/mol. The van der Waals surface area contributed by atoms with Crippen LogP contribution in [-0.2, 0) is 4.79 Å². The second kappa shape index (κ2) is 7.00. The Bertz CT molecular complexity index is 581. The molecule has 2 heterocycles. The van der Waals surface area contributed by atoms with Crippen molar-refractivity contribution in [3.8, 4) is 0 Å². The lowest BCUT2D eigenvalue weighted by Gasteiger charge is -2.33. The number of pyridine rings is 1. The van der Waals surface area contributed by atoms with Gasteiger partial charge in [-0.15, -0.1) is 11.6 Å². The molecule has 1 aliphatic heterocycles. The molecular formula is C14H15BrClF2N3O. The minimum absolute atomic E-state index is 0.0531. The normalized spacial score (nSPS) is 20.5. The minimum Gasteiger partial charge on any atom is -0.272 e. The Labute approximate surface area is 140 Å². The van der Waals surface area contributed by atoms with Gasteiger partial charge in [0.2, 0.25) is 0 Å². The van der Waals surface area contributed by atoms with E-state index in [2.05, 4.69) is 26.0 Å². The minimum atomic E-state index is -2.85. The molecule has 0 bridgehead atoms. The van der Waals surface area contributed by atoms with Gasteiger partial charge in [-0.25, -0.2) is 13.8 Å². The highest BCUT2D eigenvalue weighted by atomic mass is 79.9. The van der Waals surface area contributed by atoms with Crippen molar-refractivity contribution in [1.82, 2.24) is 9.99 Å². The number of alkyl halides is 3. The Morgan fingerprint density at radius 3 is 2.86 bits per heavy atom. The molecule has 0 aliphatic carbocycles. The summed E-state index contributed by atoms with van der Waals surface area (Å²) in [5.74, 6) is -1.20. The van der Waals surface area contributed by atoms with E-state index in [4.69, 9.17) is 11.6 Å². The molecule has 0 spiro atoms.